The Morgan fingerprint density at radius 2 is 1.80 bits per heavy atom. The maximum atomic E-state index is 14.9. The smallest absolute Gasteiger partial charge is 0.340 e. The minimum atomic E-state index is -0.937. The van der Waals surface area contributed by atoms with Crippen LogP contribution >= 0.6 is 0 Å². The van der Waals surface area contributed by atoms with E-state index in [9.17, 15) is 19.8 Å². The summed E-state index contributed by atoms with van der Waals surface area (Å²) in [6.45, 7) is 4.20. The molecule has 6 bridgehead atoms. The van der Waals surface area contributed by atoms with Crippen LogP contribution in [0.4, 0.5) is 0 Å². The Kier molecular flexibility index (Phi) is 8.86. The first-order chi connectivity index (χ1) is 26.7. The first-order valence-electron chi connectivity index (χ1n) is 20.0. The van der Waals surface area contributed by atoms with Crippen LogP contribution in [0.1, 0.15) is 75.1 Å². The van der Waals surface area contributed by atoms with Gasteiger partial charge in [0.15, 0.2) is 0 Å². The highest BCUT2D eigenvalue weighted by atomic mass is 16.5. The number of aliphatic hydroxyl groups is 1. The molecular weight excluding hydrogens is 687 g/mol. The van der Waals surface area contributed by atoms with Crippen LogP contribution in [0.25, 0.3) is 16.7 Å². The molecule has 2 aliphatic heterocycles. The van der Waals surface area contributed by atoms with Crippen molar-refractivity contribution in [1.82, 2.24) is 5.32 Å². The van der Waals surface area contributed by atoms with Gasteiger partial charge >= 0.3 is 11.9 Å². The molecule has 282 valence electrons. The van der Waals surface area contributed by atoms with E-state index in [1.165, 1.54) is 5.56 Å². The minimum Gasteiger partial charge on any atom is -0.508 e. The Bertz CT molecular complexity index is 2240. The molecule has 2 heterocycles. The summed E-state index contributed by atoms with van der Waals surface area (Å²) in [5.74, 6) is 0.211. The lowest BCUT2D eigenvalue weighted by atomic mass is 9.38. The van der Waals surface area contributed by atoms with Gasteiger partial charge in [0.2, 0.25) is 0 Å². The lowest BCUT2D eigenvalue weighted by molar-refractivity contribution is -0.135. The molecule has 2 spiro atoms. The average Bonchev–Trinajstić information content (AvgIpc) is 3.68. The van der Waals surface area contributed by atoms with Gasteiger partial charge in [-0.05, 0) is 133 Å². The number of ether oxygens (including phenoxy) is 2. The van der Waals surface area contributed by atoms with Crippen LogP contribution in [-0.4, -0.2) is 35.8 Å². The molecule has 0 unspecified atom stereocenters. The van der Waals surface area contributed by atoms with Crippen LogP contribution < -0.4 is 5.32 Å². The van der Waals surface area contributed by atoms with Gasteiger partial charge in [-0.3, -0.25) is 0 Å². The number of carbonyl (C=O) groups is 2. The molecule has 3 aromatic rings. The van der Waals surface area contributed by atoms with E-state index in [1.807, 2.05) is 38.2 Å². The summed E-state index contributed by atoms with van der Waals surface area (Å²) in [6.07, 6.45) is 13.8. The van der Waals surface area contributed by atoms with Crippen LogP contribution in [0.3, 0.4) is 0 Å². The van der Waals surface area contributed by atoms with E-state index in [0.29, 0.717) is 41.9 Å². The van der Waals surface area contributed by atoms with Crippen molar-refractivity contribution in [3.8, 4) is 16.9 Å². The highest BCUT2D eigenvalue weighted by molar-refractivity contribution is 6.08. The van der Waals surface area contributed by atoms with Gasteiger partial charge in [-0.25, -0.2) is 9.59 Å². The first-order valence-corrected chi connectivity index (χ1v) is 20.0. The van der Waals surface area contributed by atoms with Crippen molar-refractivity contribution in [2.45, 2.75) is 64.8 Å². The third-order valence-electron chi connectivity index (χ3n) is 13.6. The number of phenols is 1. The number of esters is 2. The van der Waals surface area contributed by atoms with Gasteiger partial charge in [-0.1, -0.05) is 80.6 Å². The fraction of sp³-hybridized carbons (Fsp3) is 0.375. The molecule has 0 aromatic heterocycles. The van der Waals surface area contributed by atoms with Crippen LogP contribution in [0.2, 0.25) is 0 Å². The monoisotopic (exact) mass is 735 g/mol. The van der Waals surface area contributed by atoms with E-state index in [-0.39, 0.29) is 48.1 Å². The summed E-state index contributed by atoms with van der Waals surface area (Å²) in [5, 5.41) is 24.5. The van der Waals surface area contributed by atoms with Crippen LogP contribution in [0.15, 0.2) is 125 Å². The topological polar surface area (TPSA) is 105 Å². The second-order valence-corrected chi connectivity index (χ2v) is 16.5. The number of fused-ring (bicyclic) bond motifs is 5. The van der Waals surface area contributed by atoms with Crippen molar-refractivity contribution in [2.24, 2.45) is 34.5 Å². The van der Waals surface area contributed by atoms with Crippen LogP contribution in [0, 0.1) is 34.5 Å². The highest BCUT2D eigenvalue weighted by Crippen LogP contribution is 2.76. The fourth-order valence-corrected chi connectivity index (χ4v) is 11.0. The van der Waals surface area contributed by atoms with E-state index in [4.69, 9.17) is 9.47 Å². The number of benzene rings is 3. The molecule has 3 aromatic carbocycles. The summed E-state index contributed by atoms with van der Waals surface area (Å²) < 4.78 is 12.8. The molecule has 0 radical (unpaired) electrons. The Labute approximate surface area is 323 Å². The van der Waals surface area contributed by atoms with Crippen molar-refractivity contribution in [2.75, 3.05) is 13.7 Å². The van der Waals surface area contributed by atoms with Crippen molar-refractivity contribution in [3.05, 3.63) is 142 Å². The number of phenolic OH excluding ortho intramolecular Hbond substituents is 1. The molecule has 0 amide bonds. The standard InChI is InChI=1S/C48H49NO6/c1-4-29(23-30-9-6-5-7-10-30)24-40-48-22-18-37-41(43(48)46(53)55-40)36-26-33(51)14-15-34(36)31-11-8-12-32(25-31)38(49-3)19-21-47(37)20-17-35-39(16-13-28(2)27-50)54-45(52)42(35)44(47)48/h5-12,14-16,19,21,24-26,28-29,37-38,44,49-51H,4,13,17-18,20,22-23,27H2,1-3H3/b21-19+,39-16?,40-24-/t28-,29-,37-,38-,44-,47+,48-/m0/s1. The second kappa shape index (κ2) is 13.6. The normalized spacial score (nSPS) is 30.6. The molecular formula is C48H49NO6. The maximum absolute atomic E-state index is 14.9. The predicted octanol–water partition coefficient (Wildman–Crippen LogP) is 8.91. The van der Waals surface area contributed by atoms with Gasteiger partial charge in [0.25, 0.3) is 0 Å². The SMILES string of the molecule is CC[C@H](/C=C1\OC(=O)C2=C3c4cc(O)ccc4-c4cccc(c4)[C@@H](NC)/C=C/[C@@]45CCC6=C(C(=O)OC6=CC[C@H](C)CO)[C@@H]4[C@]21CC[C@@H]35)Cc1ccccc1. The average molecular weight is 736 g/mol. The molecule has 7 atom stereocenters. The number of carbonyl (C=O) groups excluding carboxylic acids is 2. The summed E-state index contributed by atoms with van der Waals surface area (Å²) >= 11 is 0. The molecule has 7 nitrogen and oxygen atoms in total. The number of hydrogen-bond acceptors (Lipinski definition) is 7. The van der Waals surface area contributed by atoms with Crippen molar-refractivity contribution < 1.29 is 29.3 Å². The van der Waals surface area contributed by atoms with Crippen LogP contribution in [0.5, 0.6) is 5.75 Å². The Morgan fingerprint density at radius 1 is 0.964 bits per heavy atom. The maximum Gasteiger partial charge on any atom is 0.340 e. The van der Waals surface area contributed by atoms with E-state index in [0.717, 1.165) is 59.1 Å². The summed E-state index contributed by atoms with van der Waals surface area (Å²) in [5.41, 5.74) is 6.74. The third kappa shape index (κ3) is 5.45. The molecule has 10 rings (SSSR count). The largest absolute Gasteiger partial charge is 0.508 e. The highest BCUT2D eigenvalue weighted by Gasteiger charge is 2.73. The van der Waals surface area contributed by atoms with Crippen molar-refractivity contribution >= 4 is 17.5 Å². The lowest BCUT2D eigenvalue weighted by Crippen LogP contribution is -2.58. The Morgan fingerprint density at radius 3 is 2.58 bits per heavy atom. The number of aliphatic hydroxyl groups excluding tert-OH is 1. The minimum absolute atomic E-state index is 0.0242. The van der Waals surface area contributed by atoms with Gasteiger partial charge in [-0.15, -0.1) is 0 Å². The number of rotatable bonds is 8. The molecule has 5 aliphatic carbocycles. The van der Waals surface area contributed by atoms with Gasteiger partial charge in [0.05, 0.1) is 17.0 Å². The van der Waals surface area contributed by atoms with Crippen molar-refractivity contribution in [3.63, 3.8) is 0 Å². The Balaban J connectivity index is 1.36. The number of likely N-dealkylation sites (N-methyl/N-ethyl adjacent to an activating group) is 1. The molecule has 2 fully saturated rings. The zero-order valence-electron chi connectivity index (χ0n) is 31.8. The van der Waals surface area contributed by atoms with E-state index in [1.54, 1.807) is 6.07 Å². The summed E-state index contributed by atoms with van der Waals surface area (Å²) in [4.78, 5) is 29.4. The van der Waals surface area contributed by atoms with Gasteiger partial charge < -0.3 is 25.0 Å². The number of nitrogens with one attached hydrogen (secondary N) is 1. The van der Waals surface area contributed by atoms with Gasteiger partial charge in [0, 0.05) is 29.1 Å². The zero-order chi connectivity index (χ0) is 38.1. The van der Waals surface area contributed by atoms with E-state index >= 15 is 0 Å². The number of cyclic esters (lactones) is 2. The first kappa shape index (κ1) is 35.7. The van der Waals surface area contributed by atoms with E-state index < -0.39 is 16.7 Å². The molecule has 55 heavy (non-hydrogen) atoms. The third-order valence-corrected chi connectivity index (χ3v) is 13.6. The molecule has 1 saturated carbocycles. The molecule has 7 heteroatoms. The van der Waals surface area contributed by atoms with E-state index in [2.05, 4.69) is 79.0 Å². The van der Waals surface area contributed by atoms with Crippen molar-refractivity contribution in [1.29, 1.82) is 0 Å². The second-order valence-electron chi connectivity index (χ2n) is 16.5. The lowest BCUT2D eigenvalue weighted by Gasteiger charge is -2.62. The number of allylic oxidation sites excluding steroid dienone is 6. The molecule has 1 saturated heterocycles. The van der Waals surface area contributed by atoms with Gasteiger partial charge in [-0.2, -0.15) is 0 Å². The summed E-state index contributed by atoms with van der Waals surface area (Å²) in [7, 11) is 1.97. The predicted molar refractivity (Wildman–Crippen MR) is 212 cm³/mol. The Hall–Kier alpha value is -4.98. The molecule has 7 aliphatic rings. The quantitative estimate of drug-likeness (QED) is 0.157. The number of hydrogen-bond donors (Lipinski definition) is 3. The van der Waals surface area contributed by atoms with Crippen LogP contribution in [-0.2, 0) is 25.5 Å². The van der Waals surface area contributed by atoms with Gasteiger partial charge in [0.1, 0.15) is 17.3 Å². The molecule has 3 N–H and O–H groups in total. The number of aromatic hydroxyl groups is 1. The summed E-state index contributed by atoms with van der Waals surface area (Å²) in [6, 6.07) is 24.3. The fourth-order valence-electron chi connectivity index (χ4n) is 11.0. The zero-order valence-corrected chi connectivity index (χ0v) is 31.8.